The van der Waals surface area contributed by atoms with Crippen LogP contribution in [0.1, 0.15) is 31.1 Å². The monoisotopic (exact) mass is 436 g/mol. The lowest BCUT2D eigenvalue weighted by Gasteiger charge is -2.29. The molecule has 0 spiro atoms. The summed E-state index contributed by atoms with van der Waals surface area (Å²) in [6.07, 6.45) is -2.38. The molecule has 0 saturated heterocycles. The number of nitrogens with zero attached hydrogens (tertiary/aromatic N) is 2. The number of benzene rings is 1. The quantitative estimate of drug-likeness (QED) is 0.634. The van der Waals surface area contributed by atoms with Crippen LogP contribution in [0.3, 0.4) is 0 Å². The molecule has 0 fully saturated rings. The molecule has 31 heavy (non-hydrogen) atoms. The van der Waals surface area contributed by atoms with E-state index in [-0.39, 0.29) is 12.6 Å². The van der Waals surface area contributed by atoms with Gasteiger partial charge >= 0.3 is 6.18 Å². The maximum absolute atomic E-state index is 12.9. The molecule has 6 nitrogen and oxygen atoms in total. The summed E-state index contributed by atoms with van der Waals surface area (Å²) in [5.74, 6) is -1.04. The van der Waals surface area contributed by atoms with Crippen LogP contribution in [0.15, 0.2) is 54.7 Å². The van der Waals surface area contributed by atoms with E-state index < -0.39 is 30.1 Å². The Morgan fingerprint density at radius 2 is 1.71 bits per heavy atom. The van der Waals surface area contributed by atoms with Gasteiger partial charge in [-0.05, 0) is 31.5 Å². The average molecular weight is 436 g/mol. The van der Waals surface area contributed by atoms with E-state index in [1.165, 1.54) is 7.05 Å². The highest BCUT2D eigenvalue weighted by molar-refractivity contribution is 5.85. The normalized spacial score (nSPS) is 12.8. The van der Waals surface area contributed by atoms with Crippen molar-refractivity contribution in [2.75, 3.05) is 20.1 Å². The summed E-state index contributed by atoms with van der Waals surface area (Å²) in [7, 11) is 1.38. The molecule has 0 saturated carbocycles. The fraction of sp³-hybridized carbons (Fsp3) is 0.409. The maximum Gasteiger partial charge on any atom is 0.406 e. The second-order valence-corrected chi connectivity index (χ2v) is 7.78. The SMILES string of the molecule is CN(CC(=O)NC(Cc1ccccn1)c1ccccc1)C(=O)CNC(C)(C)C(F)(F)F. The lowest BCUT2D eigenvalue weighted by Crippen LogP contribution is -2.55. The van der Waals surface area contributed by atoms with Crippen LogP contribution in [0.2, 0.25) is 0 Å². The minimum Gasteiger partial charge on any atom is -0.347 e. The van der Waals surface area contributed by atoms with Crippen molar-refractivity contribution >= 4 is 11.8 Å². The van der Waals surface area contributed by atoms with Gasteiger partial charge in [-0.15, -0.1) is 0 Å². The summed E-state index contributed by atoms with van der Waals surface area (Å²) < 4.78 is 38.8. The number of hydrogen-bond acceptors (Lipinski definition) is 4. The molecule has 0 radical (unpaired) electrons. The Labute approximate surface area is 179 Å². The molecule has 2 aromatic rings. The van der Waals surface area contributed by atoms with Gasteiger partial charge in [0.25, 0.3) is 0 Å². The van der Waals surface area contributed by atoms with Crippen LogP contribution in [0.25, 0.3) is 0 Å². The van der Waals surface area contributed by atoms with E-state index in [0.717, 1.165) is 30.0 Å². The van der Waals surface area contributed by atoms with Crippen LogP contribution in [0.5, 0.6) is 0 Å². The molecule has 1 unspecified atom stereocenters. The number of halogens is 3. The van der Waals surface area contributed by atoms with Gasteiger partial charge in [0.2, 0.25) is 11.8 Å². The van der Waals surface area contributed by atoms with Gasteiger partial charge in [0, 0.05) is 25.4 Å². The molecule has 0 bridgehead atoms. The average Bonchev–Trinajstić information content (AvgIpc) is 2.72. The fourth-order valence-corrected chi connectivity index (χ4v) is 2.74. The number of hydrogen-bond donors (Lipinski definition) is 2. The molecule has 1 aromatic heterocycles. The summed E-state index contributed by atoms with van der Waals surface area (Å²) in [6, 6.07) is 14.5. The molecule has 2 amide bonds. The summed E-state index contributed by atoms with van der Waals surface area (Å²) in [5, 5.41) is 5.09. The van der Waals surface area contributed by atoms with E-state index in [0.29, 0.717) is 6.42 Å². The minimum absolute atomic E-state index is 0.279. The van der Waals surface area contributed by atoms with Crippen LogP contribution < -0.4 is 10.6 Å². The maximum atomic E-state index is 12.9. The van der Waals surface area contributed by atoms with E-state index in [9.17, 15) is 22.8 Å². The first-order valence-corrected chi connectivity index (χ1v) is 9.79. The van der Waals surface area contributed by atoms with Crippen LogP contribution in [0.4, 0.5) is 13.2 Å². The van der Waals surface area contributed by atoms with Crippen molar-refractivity contribution < 1.29 is 22.8 Å². The fourth-order valence-electron chi connectivity index (χ4n) is 2.74. The van der Waals surface area contributed by atoms with Crippen LogP contribution in [0, 0.1) is 0 Å². The number of carbonyl (C=O) groups is 2. The Morgan fingerprint density at radius 1 is 1.06 bits per heavy atom. The Bertz CT molecular complexity index is 858. The summed E-state index contributed by atoms with van der Waals surface area (Å²) in [4.78, 5) is 30.2. The first-order valence-electron chi connectivity index (χ1n) is 9.79. The highest BCUT2D eigenvalue weighted by atomic mass is 19.4. The van der Waals surface area contributed by atoms with E-state index in [4.69, 9.17) is 0 Å². The summed E-state index contributed by atoms with van der Waals surface area (Å²) >= 11 is 0. The van der Waals surface area contributed by atoms with E-state index in [1.54, 1.807) is 12.3 Å². The van der Waals surface area contributed by atoms with Crippen molar-refractivity contribution in [3.63, 3.8) is 0 Å². The third kappa shape index (κ3) is 7.36. The second kappa shape index (κ2) is 10.4. The first-order chi connectivity index (χ1) is 14.5. The zero-order valence-corrected chi connectivity index (χ0v) is 17.7. The van der Waals surface area contributed by atoms with Gasteiger partial charge in [-0.2, -0.15) is 13.2 Å². The van der Waals surface area contributed by atoms with Gasteiger partial charge in [0.1, 0.15) is 5.54 Å². The van der Waals surface area contributed by atoms with Crippen molar-refractivity contribution in [1.29, 1.82) is 0 Å². The van der Waals surface area contributed by atoms with Crippen LogP contribution in [-0.4, -0.2) is 53.6 Å². The van der Waals surface area contributed by atoms with E-state index in [1.807, 2.05) is 42.5 Å². The predicted octanol–water partition coefficient (Wildman–Crippen LogP) is 2.87. The van der Waals surface area contributed by atoms with Crippen molar-refractivity contribution in [3.8, 4) is 0 Å². The molecule has 0 aliphatic carbocycles. The second-order valence-electron chi connectivity index (χ2n) is 7.78. The van der Waals surface area contributed by atoms with E-state index in [2.05, 4.69) is 15.6 Å². The van der Waals surface area contributed by atoms with Gasteiger partial charge in [0.15, 0.2) is 0 Å². The molecule has 2 rings (SSSR count). The molecule has 0 aliphatic rings. The summed E-state index contributed by atoms with van der Waals surface area (Å²) in [5.41, 5.74) is -0.545. The molecule has 168 valence electrons. The van der Waals surface area contributed by atoms with Crippen molar-refractivity contribution in [2.24, 2.45) is 0 Å². The van der Waals surface area contributed by atoms with Crippen LogP contribution in [-0.2, 0) is 16.0 Å². The Hall–Kier alpha value is -2.94. The number of amides is 2. The number of carbonyl (C=O) groups excluding carboxylic acids is 2. The molecule has 1 atom stereocenters. The van der Waals surface area contributed by atoms with E-state index >= 15 is 0 Å². The summed E-state index contributed by atoms with van der Waals surface area (Å²) in [6.45, 7) is 1.09. The topological polar surface area (TPSA) is 74.3 Å². The molecule has 9 heteroatoms. The zero-order chi connectivity index (χ0) is 23.1. The van der Waals surface area contributed by atoms with Gasteiger partial charge in [-0.3, -0.25) is 19.9 Å². The number of aromatic nitrogens is 1. The lowest BCUT2D eigenvalue weighted by atomic mass is 10.0. The molecule has 2 N–H and O–H groups in total. The van der Waals surface area contributed by atoms with Gasteiger partial charge in [-0.1, -0.05) is 36.4 Å². The molecule has 1 heterocycles. The van der Waals surface area contributed by atoms with Gasteiger partial charge < -0.3 is 10.2 Å². The number of pyridine rings is 1. The lowest BCUT2D eigenvalue weighted by molar-refractivity contribution is -0.186. The van der Waals surface area contributed by atoms with Crippen molar-refractivity contribution in [2.45, 2.75) is 38.0 Å². The molecular weight excluding hydrogens is 409 g/mol. The largest absolute Gasteiger partial charge is 0.406 e. The third-order valence-corrected chi connectivity index (χ3v) is 4.87. The smallest absolute Gasteiger partial charge is 0.347 e. The predicted molar refractivity (Wildman–Crippen MR) is 111 cm³/mol. The standard InChI is InChI=1S/C22H27F3N4O2/c1-21(2,22(23,24)25)27-14-20(31)29(3)15-19(30)28-18(16-9-5-4-6-10-16)13-17-11-7-8-12-26-17/h4-12,18,27H,13-15H2,1-3H3,(H,28,30). The number of rotatable bonds is 9. The number of alkyl halides is 3. The molecule has 0 aliphatic heterocycles. The van der Waals surface area contributed by atoms with Crippen LogP contribution >= 0.6 is 0 Å². The number of likely N-dealkylation sites (N-methyl/N-ethyl adjacent to an activating group) is 1. The van der Waals surface area contributed by atoms with Crippen molar-refractivity contribution in [1.82, 2.24) is 20.5 Å². The highest BCUT2D eigenvalue weighted by Gasteiger charge is 2.47. The van der Waals surface area contributed by atoms with Gasteiger partial charge in [0.05, 0.1) is 19.1 Å². The minimum atomic E-state index is -4.50. The zero-order valence-electron chi connectivity index (χ0n) is 17.7. The molecular formula is C22H27F3N4O2. The number of nitrogens with one attached hydrogen (secondary N) is 2. The Balaban J connectivity index is 1.97. The third-order valence-electron chi connectivity index (χ3n) is 4.87. The Kier molecular flexibility index (Phi) is 8.15. The first kappa shape index (κ1) is 24.3. The molecule has 1 aromatic carbocycles. The van der Waals surface area contributed by atoms with Gasteiger partial charge in [-0.25, -0.2) is 0 Å². The highest BCUT2D eigenvalue weighted by Crippen LogP contribution is 2.29. The Morgan fingerprint density at radius 3 is 2.29 bits per heavy atom. The van der Waals surface area contributed by atoms with Crippen molar-refractivity contribution in [3.05, 3.63) is 66.0 Å².